The number of thioether (sulfide) groups is 1. The van der Waals surface area contributed by atoms with E-state index in [1.54, 1.807) is 0 Å². The van der Waals surface area contributed by atoms with Crippen LogP contribution >= 0.6 is 11.8 Å². The zero-order chi connectivity index (χ0) is 11.7. The first-order valence-electron chi connectivity index (χ1n) is 6.61. The topological polar surface area (TPSA) is 37.8 Å². The van der Waals surface area contributed by atoms with E-state index in [4.69, 9.17) is 4.98 Å². The first-order valence-corrected chi connectivity index (χ1v) is 7.66. The van der Waals surface area contributed by atoms with Crippen LogP contribution in [-0.2, 0) is 0 Å². The SMILES string of the molecule is CCNc1cc(C2CC2)nc(C2CCCS2)n1. The average molecular weight is 249 g/mol. The van der Waals surface area contributed by atoms with Crippen LogP contribution in [0.2, 0.25) is 0 Å². The first-order chi connectivity index (χ1) is 8.36. The van der Waals surface area contributed by atoms with Crippen LogP contribution in [0.25, 0.3) is 0 Å². The van der Waals surface area contributed by atoms with E-state index >= 15 is 0 Å². The van der Waals surface area contributed by atoms with Crippen molar-refractivity contribution in [2.45, 2.75) is 43.8 Å². The molecule has 0 aromatic carbocycles. The zero-order valence-electron chi connectivity index (χ0n) is 10.3. The van der Waals surface area contributed by atoms with Gasteiger partial charge in [-0.1, -0.05) is 0 Å². The van der Waals surface area contributed by atoms with E-state index in [0.717, 1.165) is 18.2 Å². The lowest BCUT2D eigenvalue weighted by Gasteiger charge is -2.12. The van der Waals surface area contributed by atoms with Gasteiger partial charge >= 0.3 is 0 Å². The Bertz CT molecular complexity index is 398. The predicted octanol–water partition coefficient (Wildman–Crippen LogP) is 3.35. The van der Waals surface area contributed by atoms with E-state index in [9.17, 15) is 0 Å². The molecule has 2 aliphatic rings. The van der Waals surface area contributed by atoms with E-state index in [1.807, 2.05) is 11.8 Å². The molecule has 0 spiro atoms. The number of nitrogens with one attached hydrogen (secondary N) is 1. The minimum atomic E-state index is 0.533. The molecular formula is C13H19N3S. The molecule has 1 saturated heterocycles. The summed E-state index contributed by atoms with van der Waals surface area (Å²) in [5.41, 5.74) is 1.26. The highest BCUT2D eigenvalue weighted by Gasteiger charge is 2.28. The smallest absolute Gasteiger partial charge is 0.143 e. The third kappa shape index (κ3) is 2.57. The van der Waals surface area contributed by atoms with Gasteiger partial charge in [-0.25, -0.2) is 9.97 Å². The number of hydrogen-bond donors (Lipinski definition) is 1. The van der Waals surface area contributed by atoms with Gasteiger partial charge in [-0.2, -0.15) is 11.8 Å². The second-order valence-electron chi connectivity index (χ2n) is 4.84. The highest BCUT2D eigenvalue weighted by Crippen LogP contribution is 2.42. The van der Waals surface area contributed by atoms with Gasteiger partial charge in [0.2, 0.25) is 0 Å². The molecule has 1 aliphatic carbocycles. The van der Waals surface area contributed by atoms with Gasteiger partial charge in [0.25, 0.3) is 0 Å². The molecule has 0 amide bonds. The van der Waals surface area contributed by atoms with Crippen molar-refractivity contribution in [2.75, 3.05) is 17.6 Å². The monoisotopic (exact) mass is 249 g/mol. The predicted molar refractivity (Wildman–Crippen MR) is 72.6 cm³/mol. The molecule has 1 unspecified atom stereocenters. The number of rotatable bonds is 4. The normalized spacial score (nSPS) is 23.9. The molecule has 0 radical (unpaired) electrons. The minimum absolute atomic E-state index is 0.533. The second kappa shape index (κ2) is 4.84. The molecule has 1 aliphatic heterocycles. The van der Waals surface area contributed by atoms with E-state index < -0.39 is 0 Å². The Balaban J connectivity index is 1.89. The Morgan fingerprint density at radius 2 is 2.24 bits per heavy atom. The molecule has 2 fully saturated rings. The summed E-state index contributed by atoms with van der Waals surface area (Å²) in [5, 5.41) is 3.87. The average Bonchev–Trinajstić information content (AvgIpc) is 3.05. The van der Waals surface area contributed by atoms with Crippen molar-refractivity contribution in [3.05, 3.63) is 17.6 Å². The molecule has 1 N–H and O–H groups in total. The van der Waals surface area contributed by atoms with Crippen LogP contribution in [-0.4, -0.2) is 22.3 Å². The third-order valence-corrected chi connectivity index (χ3v) is 4.71. The van der Waals surface area contributed by atoms with E-state index in [1.165, 1.54) is 37.1 Å². The van der Waals surface area contributed by atoms with Crippen molar-refractivity contribution in [1.29, 1.82) is 0 Å². The Labute approximate surface area is 107 Å². The maximum Gasteiger partial charge on any atom is 0.143 e. The molecule has 1 atom stereocenters. The maximum atomic E-state index is 4.79. The zero-order valence-corrected chi connectivity index (χ0v) is 11.1. The summed E-state index contributed by atoms with van der Waals surface area (Å²) in [5.74, 6) is 4.05. The molecule has 0 bridgehead atoms. The molecular weight excluding hydrogens is 230 g/mol. The number of anilines is 1. The molecule has 1 aromatic rings. The van der Waals surface area contributed by atoms with Crippen molar-refractivity contribution in [3.8, 4) is 0 Å². The van der Waals surface area contributed by atoms with Crippen molar-refractivity contribution >= 4 is 17.6 Å². The second-order valence-corrected chi connectivity index (χ2v) is 6.15. The summed E-state index contributed by atoms with van der Waals surface area (Å²) in [4.78, 5) is 9.46. The van der Waals surface area contributed by atoms with Crippen LogP contribution in [0.5, 0.6) is 0 Å². The van der Waals surface area contributed by atoms with E-state index in [2.05, 4.69) is 23.3 Å². The lowest BCUT2D eigenvalue weighted by molar-refractivity contribution is 0.765. The summed E-state index contributed by atoms with van der Waals surface area (Å²) in [6.45, 7) is 3.04. The number of hydrogen-bond acceptors (Lipinski definition) is 4. The van der Waals surface area contributed by atoms with Gasteiger partial charge < -0.3 is 5.32 Å². The molecule has 1 saturated carbocycles. The van der Waals surface area contributed by atoms with Gasteiger partial charge in [0.05, 0.1) is 5.25 Å². The number of aromatic nitrogens is 2. The summed E-state index contributed by atoms with van der Waals surface area (Å²) >= 11 is 2.01. The quantitative estimate of drug-likeness (QED) is 0.888. The van der Waals surface area contributed by atoms with Crippen LogP contribution in [0, 0.1) is 0 Å². The summed E-state index contributed by atoms with van der Waals surface area (Å²) in [6.07, 6.45) is 5.16. The van der Waals surface area contributed by atoms with Crippen molar-refractivity contribution < 1.29 is 0 Å². The van der Waals surface area contributed by atoms with E-state index in [-0.39, 0.29) is 0 Å². The van der Waals surface area contributed by atoms with Gasteiger partial charge in [0, 0.05) is 24.2 Å². The molecule has 92 valence electrons. The van der Waals surface area contributed by atoms with Crippen LogP contribution in [0.1, 0.15) is 55.3 Å². The van der Waals surface area contributed by atoms with Crippen molar-refractivity contribution in [3.63, 3.8) is 0 Å². The molecule has 4 heteroatoms. The fourth-order valence-corrected chi connectivity index (χ4v) is 3.48. The van der Waals surface area contributed by atoms with Crippen LogP contribution in [0.3, 0.4) is 0 Å². The van der Waals surface area contributed by atoms with Gasteiger partial charge in [-0.3, -0.25) is 0 Å². The highest BCUT2D eigenvalue weighted by molar-refractivity contribution is 7.99. The van der Waals surface area contributed by atoms with Crippen LogP contribution < -0.4 is 5.32 Å². The van der Waals surface area contributed by atoms with E-state index in [0.29, 0.717) is 11.2 Å². The van der Waals surface area contributed by atoms with Gasteiger partial charge in [-0.05, 0) is 38.4 Å². The van der Waals surface area contributed by atoms with Crippen molar-refractivity contribution in [2.24, 2.45) is 0 Å². The molecule has 1 aromatic heterocycles. The fraction of sp³-hybridized carbons (Fsp3) is 0.692. The van der Waals surface area contributed by atoms with Crippen molar-refractivity contribution in [1.82, 2.24) is 9.97 Å². The molecule has 3 nitrogen and oxygen atoms in total. The van der Waals surface area contributed by atoms with Gasteiger partial charge in [-0.15, -0.1) is 0 Å². The lowest BCUT2D eigenvalue weighted by atomic mass is 10.2. The Hall–Kier alpha value is -0.770. The summed E-state index contributed by atoms with van der Waals surface area (Å²) in [6, 6.07) is 2.14. The minimum Gasteiger partial charge on any atom is -0.370 e. The summed E-state index contributed by atoms with van der Waals surface area (Å²) in [7, 11) is 0. The van der Waals surface area contributed by atoms with Crippen LogP contribution in [0.15, 0.2) is 6.07 Å². The maximum absolute atomic E-state index is 4.79. The summed E-state index contributed by atoms with van der Waals surface area (Å²) < 4.78 is 0. The standard InChI is InChI=1S/C13H19N3S/c1-2-14-12-8-10(9-5-6-9)15-13(16-12)11-4-3-7-17-11/h8-9,11H,2-7H2,1H3,(H,14,15,16). The highest BCUT2D eigenvalue weighted by atomic mass is 32.2. The molecule has 3 rings (SSSR count). The molecule has 2 heterocycles. The third-order valence-electron chi connectivity index (χ3n) is 3.33. The fourth-order valence-electron chi connectivity index (χ4n) is 2.27. The Morgan fingerprint density at radius 3 is 2.88 bits per heavy atom. The van der Waals surface area contributed by atoms with Gasteiger partial charge in [0.15, 0.2) is 0 Å². The largest absolute Gasteiger partial charge is 0.370 e. The first kappa shape index (κ1) is 11.3. The number of nitrogens with zero attached hydrogens (tertiary/aromatic N) is 2. The lowest BCUT2D eigenvalue weighted by Crippen LogP contribution is -2.07. The Kier molecular flexibility index (Phi) is 3.23. The van der Waals surface area contributed by atoms with Gasteiger partial charge in [0.1, 0.15) is 11.6 Å². The Morgan fingerprint density at radius 1 is 1.35 bits per heavy atom. The molecule has 17 heavy (non-hydrogen) atoms. The van der Waals surface area contributed by atoms with Crippen LogP contribution in [0.4, 0.5) is 5.82 Å².